The molecule has 0 radical (unpaired) electrons. The number of anilines is 1. The van der Waals surface area contributed by atoms with E-state index >= 15 is 0 Å². The quantitative estimate of drug-likeness (QED) is 0.913. The van der Waals surface area contributed by atoms with E-state index in [9.17, 15) is 4.79 Å². The molecule has 1 aromatic heterocycles. The van der Waals surface area contributed by atoms with Crippen molar-refractivity contribution in [1.29, 1.82) is 0 Å². The van der Waals surface area contributed by atoms with Gasteiger partial charge in [0.2, 0.25) is 0 Å². The third-order valence-electron chi connectivity index (χ3n) is 2.16. The van der Waals surface area contributed by atoms with Gasteiger partial charge in [0, 0.05) is 4.47 Å². The molecule has 0 aliphatic carbocycles. The number of benzene rings is 1. The van der Waals surface area contributed by atoms with Gasteiger partial charge in [-0.05, 0) is 46.6 Å². The van der Waals surface area contributed by atoms with Crippen LogP contribution in [0.3, 0.4) is 0 Å². The van der Waals surface area contributed by atoms with Crippen molar-refractivity contribution in [3.63, 3.8) is 0 Å². The van der Waals surface area contributed by atoms with Crippen LogP contribution in [0.15, 0.2) is 45.7 Å². The molecule has 0 fully saturated rings. The molecule has 0 spiro atoms. The lowest BCUT2D eigenvalue weighted by molar-refractivity contribution is 0.102. The molecule has 1 amide bonds. The normalized spacial score (nSPS) is 10.1. The second-order valence-electron chi connectivity index (χ2n) is 3.45. The Balaban J connectivity index is 2.18. The number of aryl methyl sites for hydroxylation is 1. The molecule has 0 saturated carbocycles. The van der Waals surface area contributed by atoms with Gasteiger partial charge in [-0.15, -0.1) is 0 Å². The Morgan fingerprint density at radius 2 is 2.19 bits per heavy atom. The zero-order chi connectivity index (χ0) is 11.5. The largest absolute Gasteiger partial charge is 0.472 e. The van der Waals surface area contributed by atoms with Crippen molar-refractivity contribution in [1.82, 2.24) is 0 Å². The van der Waals surface area contributed by atoms with Crippen molar-refractivity contribution < 1.29 is 9.21 Å². The number of hydrogen-bond acceptors (Lipinski definition) is 2. The third kappa shape index (κ3) is 2.33. The van der Waals surface area contributed by atoms with Crippen molar-refractivity contribution >= 4 is 27.5 Å². The number of amides is 1. The SMILES string of the molecule is Cc1ccc(NC(=O)c2ccoc2)c(Br)c1. The van der Waals surface area contributed by atoms with Crippen molar-refractivity contribution in [3.8, 4) is 0 Å². The molecule has 4 heteroatoms. The summed E-state index contributed by atoms with van der Waals surface area (Å²) in [5.41, 5.74) is 2.39. The summed E-state index contributed by atoms with van der Waals surface area (Å²) in [6, 6.07) is 7.37. The molecule has 0 saturated heterocycles. The first kappa shape index (κ1) is 11.0. The Kier molecular flexibility index (Phi) is 3.10. The number of nitrogens with one attached hydrogen (secondary N) is 1. The maximum atomic E-state index is 11.7. The van der Waals surface area contributed by atoms with Crippen LogP contribution in [0.2, 0.25) is 0 Å². The van der Waals surface area contributed by atoms with E-state index in [1.165, 1.54) is 12.5 Å². The predicted octanol–water partition coefficient (Wildman–Crippen LogP) is 3.60. The van der Waals surface area contributed by atoms with Gasteiger partial charge in [-0.2, -0.15) is 0 Å². The van der Waals surface area contributed by atoms with E-state index in [-0.39, 0.29) is 5.91 Å². The molecule has 0 aliphatic rings. The van der Waals surface area contributed by atoms with Crippen molar-refractivity contribution in [2.45, 2.75) is 6.92 Å². The fourth-order valence-electron chi connectivity index (χ4n) is 1.31. The fourth-order valence-corrected chi connectivity index (χ4v) is 1.90. The highest BCUT2D eigenvalue weighted by atomic mass is 79.9. The number of hydrogen-bond donors (Lipinski definition) is 1. The molecule has 3 nitrogen and oxygen atoms in total. The van der Waals surface area contributed by atoms with Gasteiger partial charge >= 0.3 is 0 Å². The lowest BCUT2D eigenvalue weighted by atomic mass is 10.2. The maximum absolute atomic E-state index is 11.7. The van der Waals surface area contributed by atoms with Gasteiger partial charge in [-0.25, -0.2) is 0 Å². The molecule has 0 unspecified atom stereocenters. The van der Waals surface area contributed by atoms with E-state index in [0.29, 0.717) is 5.56 Å². The molecule has 2 rings (SSSR count). The minimum atomic E-state index is -0.182. The molecule has 0 atom stereocenters. The first-order valence-corrected chi connectivity index (χ1v) is 5.56. The van der Waals surface area contributed by atoms with E-state index in [1.54, 1.807) is 6.07 Å². The molecule has 1 N–H and O–H groups in total. The van der Waals surface area contributed by atoms with Gasteiger partial charge in [0.25, 0.3) is 5.91 Å². The van der Waals surface area contributed by atoms with Crippen LogP contribution in [0, 0.1) is 6.92 Å². The first-order chi connectivity index (χ1) is 7.66. The van der Waals surface area contributed by atoms with Gasteiger partial charge in [0.1, 0.15) is 6.26 Å². The Hall–Kier alpha value is -1.55. The van der Waals surface area contributed by atoms with Gasteiger partial charge in [0.15, 0.2) is 0 Å². The first-order valence-electron chi connectivity index (χ1n) is 4.76. The third-order valence-corrected chi connectivity index (χ3v) is 2.81. The lowest BCUT2D eigenvalue weighted by Gasteiger charge is -2.06. The van der Waals surface area contributed by atoms with E-state index in [1.807, 2.05) is 25.1 Å². The van der Waals surface area contributed by atoms with Crippen molar-refractivity contribution in [2.75, 3.05) is 5.32 Å². The summed E-state index contributed by atoms with van der Waals surface area (Å²) >= 11 is 3.40. The Morgan fingerprint density at radius 1 is 1.38 bits per heavy atom. The summed E-state index contributed by atoms with van der Waals surface area (Å²) in [5.74, 6) is -0.182. The Morgan fingerprint density at radius 3 is 2.81 bits per heavy atom. The summed E-state index contributed by atoms with van der Waals surface area (Å²) in [6.45, 7) is 1.99. The predicted molar refractivity (Wildman–Crippen MR) is 65.5 cm³/mol. The smallest absolute Gasteiger partial charge is 0.258 e. The van der Waals surface area contributed by atoms with Crippen LogP contribution in [-0.2, 0) is 0 Å². The molecule has 2 aromatic rings. The number of carbonyl (C=O) groups excluding carboxylic acids is 1. The molecule has 0 bridgehead atoms. The monoisotopic (exact) mass is 279 g/mol. The van der Waals surface area contributed by atoms with E-state index in [4.69, 9.17) is 4.42 Å². The second kappa shape index (κ2) is 4.53. The molecular formula is C12H10BrNO2. The Labute approximate surface area is 102 Å². The van der Waals surface area contributed by atoms with Crippen LogP contribution >= 0.6 is 15.9 Å². The average molecular weight is 280 g/mol. The summed E-state index contributed by atoms with van der Waals surface area (Å²) in [6.07, 6.45) is 2.89. The van der Waals surface area contributed by atoms with Crippen LogP contribution in [0.1, 0.15) is 15.9 Å². The van der Waals surface area contributed by atoms with E-state index in [2.05, 4.69) is 21.2 Å². The van der Waals surface area contributed by atoms with Crippen LogP contribution in [0.5, 0.6) is 0 Å². The van der Waals surface area contributed by atoms with Crippen molar-refractivity contribution in [3.05, 3.63) is 52.4 Å². The zero-order valence-electron chi connectivity index (χ0n) is 8.66. The maximum Gasteiger partial charge on any atom is 0.258 e. The minimum Gasteiger partial charge on any atom is -0.472 e. The summed E-state index contributed by atoms with van der Waals surface area (Å²) in [7, 11) is 0. The zero-order valence-corrected chi connectivity index (χ0v) is 10.2. The Bertz CT molecular complexity index is 506. The second-order valence-corrected chi connectivity index (χ2v) is 4.30. The lowest BCUT2D eigenvalue weighted by Crippen LogP contribution is -2.11. The van der Waals surface area contributed by atoms with Gasteiger partial charge in [-0.3, -0.25) is 4.79 Å². The molecular weight excluding hydrogens is 270 g/mol. The average Bonchev–Trinajstić information content (AvgIpc) is 2.75. The minimum absolute atomic E-state index is 0.182. The highest BCUT2D eigenvalue weighted by Gasteiger charge is 2.08. The van der Waals surface area contributed by atoms with Gasteiger partial charge in [0.05, 0.1) is 17.5 Å². The van der Waals surface area contributed by atoms with Crippen molar-refractivity contribution in [2.24, 2.45) is 0 Å². The highest BCUT2D eigenvalue weighted by Crippen LogP contribution is 2.23. The van der Waals surface area contributed by atoms with Crippen LogP contribution in [0.4, 0.5) is 5.69 Å². The highest BCUT2D eigenvalue weighted by molar-refractivity contribution is 9.10. The number of halogens is 1. The van der Waals surface area contributed by atoms with Gasteiger partial charge in [-0.1, -0.05) is 6.07 Å². The fraction of sp³-hybridized carbons (Fsp3) is 0.0833. The molecule has 0 aliphatic heterocycles. The number of rotatable bonds is 2. The molecule has 82 valence electrons. The molecule has 16 heavy (non-hydrogen) atoms. The van der Waals surface area contributed by atoms with Crippen LogP contribution in [0.25, 0.3) is 0 Å². The standard InChI is InChI=1S/C12H10BrNO2/c1-8-2-3-11(10(13)6-8)14-12(15)9-4-5-16-7-9/h2-7H,1H3,(H,14,15). The van der Waals surface area contributed by atoms with E-state index < -0.39 is 0 Å². The summed E-state index contributed by atoms with van der Waals surface area (Å²) in [4.78, 5) is 11.7. The molecule has 1 aromatic carbocycles. The van der Waals surface area contributed by atoms with Crippen LogP contribution < -0.4 is 5.32 Å². The van der Waals surface area contributed by atoms with E-state index in [0.717, 1.165) is 15.7 Å². The number of furan rings is 1. The summed E-state index contributed by atoms with van der Waals surface area (Å²) < 4.78 is 5.72. The number of carbonyl (C=O) groups is 1. The topological polar surface area (TPSA) is 42.2 Å². The summed E-state index contributed by atoms with van der Waals surface area (Å²) in [5, 5.41) is 2.79. The van der Waals surface area contributed by atoms with Crippen LogP contribution in [-0.4, -0.2) is 5.91 Å². The van der Waals surface area contributed by atoms with Gasteiger partial charge < -0.3 is 9.73 Å². The molecule has 1 heterocycles.